The Morgan fingerprint density at radius 1 is 1.20 bits per heavy atom. The van der Waals surface area contributed by atoms with Gasteiger partial charge in [0.15, 0.2) is 0 Å². The molecule has 1 fully saturated rings. The molecule has 0 aromatic carbocycles. The van der Waals surface area contributed by atoms with Crippen LogP contribution in [-0.4, -0.2) is 37.7 Å². The van der Waals surface area contributed by atoms with Gasteiger partial charge in [0, 0.05) is 19.6 Å². The van der Waals surface area contributed by atoms with Gasteiger partial charge in [-0.2, -0.15) is 0 Å². The molecule has 1 aliphatic heterocycles. The van der Waals surface area contributed by atoms with Crippen molar-refractivity contribution in [2.24, 2.45) is 0 Å². The van der Waals surface area contributed by atoms with Crippen LogP contribution in [0, 0.1) is 0 Å². The first-order chi connectivity index (χ1) is 7.34. The summed E-state index contributed by atoms with van der Waals surface area (Å²) >= 11 is 0. The van der Waals surface area contributed by atoms with Gasteiger partial charge in [0.05, 0.1) is 13.2 Å². The van der Waals surface area contributed by atoms with Gasteiger partial charge >= 0.3 is 0 Å². The van der Waals surface area contributed by atoms with Gasteiger partial charge < -0.3 is 4.74 Å². The third kappa shape index (κ3) is 3.33. The molecule has 15 heavy (non-hydrogen) atoms. The van der Waals surface area contributed by atoms with E-state index in [1.807, 2.05) is 0 Å². The van der Waals surface area contributed by atoms with Crippen LogP contribution in [0.2, 0.25) is 0 Å². The zero-order chi connectivity index (χ0) is 10.5. The van der Waals surface area contributed by atoms with E-state index in [1.54, 1.807) is 0 Å². The molecular formula is C13H19NO. The van der Waals surface area contributed by atoms with Gasteiger partial charge in [0.1, 0.15) is 0 Å². The molecule has 0 amide bonds. The number of ether oxygens (including phenoxy) is 1. The third-order valence-electron chi connectivity index (χ3n) is 2.89. The van der Waals surface area contributed by atoms with E-state index in [0.717, 1.165) is 39.3 Å². The zero-order valence-corrected chi connectivity index (χ0v) is 9.41. The highest BCUT2D eigenvalue weighted by Gasteiger charge is 2.10. The monoisotopic (exact) mass is 205 g/mol. The molecule has 1 aliphatic carbocycles. The van der Waals surface area contributed by atoms with E-state index in [0.29, 0.717) is 0 Å². The van der Waals surface area contributed by atoms with Crippen molar-refractivity contribution in [1.82, 2.24) is 4.90 Å². The summed E-state index contributed by atoms with van der Waals surface area (Å²) < 4.78 is 5.34. The Morgan fingerprint density at radius 3 is 2.80 bits per heavy atom. The van der Waals surface area contributed by atoms with Crippen LogP contribution in [0.5, 0.6) is 0 Å². The lowest BCUT2D eigenvalue weighted by Gasteiger charge is -2.26. The van der Waals surface area contributed by atoms with E-state index in [9.17, 15) is 0 Å². The van der Waals surface area contributed by atoms with Crippen LogP contribution in [0.3, 0.4) is 0 Å². The number of morpholine rings is 1. The van der Waals surface area contributed by atoms with E-state index in [1.165, 1.54) is 11.1 Å². The summed E-state index contributed by atoms with van der Waals surface area (Å²) in [4.78, 5) is 2.46. The van der Waals surface area contributed by atoms with Crippen LogP contribution in [0.1, 0.15) is 13.3 Å². The summed E-state index contributed by atoms with van der Waals surface area (Å²) in [5, 5.41) is 0. The maximum Gasteiger partial charge on any atom is 0.0594 e. The molecule has 0 saturated carbocycles. The largest absolute Gasteiger partial charge is 0.379 e. The Bertz CT molecular complexity index is 296. The number of hydrogen-bond donors (Lipinski definition) is 0. The van der Waals surface area contributed by atoms with Crippen LogP contribution >= 0.6 is 0 Å². The van der Waals surface area contributed by atoms with Gasteiger partial charge in [0.2, 0.25) is 0 Å². The highest BCUT2D eigenvalue weighted by molar-refractivity contribution is 5.31. The molecule has 0 N–H and O–H groups in total. The quantitative estimate of drug-likeness (QED) is 0.685. The molecular weight excluding hydrogens is 186 g/mol. The first kappa shape index (κ1) is 10.7. The van der Waals surface area contributed by atoms with Crippen molar-refractivity contribution in [3.63, 3.8) is 0 Å². The van der Waals surface area contributed by atoms with Gasteiger partial charge in [-0.05, 0) is 18.9 Å². The average molecular weight is 205 g/mol. The summed E-state index contributed by atoms with van der Waals surface area (Å²) in [5.74, 6) is 0. The average Bonchev–Trinajstić information content (AvgIpc) is 2.46. The SMILES string of the molecule is CC1=CCC=C(CN2CCOCC2)C=C1. The molecule has 2 heteroatoms. The van der Waals surface area contributed by atoms with Crippen molar-refractivity contribution >= 4 is 0 Å². The Labute approximate surface area is 91.9 Å². The lowest BCUT2D eigenvalue weighted by molar-refractivity contribution is 0.0426. The first-order valence-corrected chi connectivity index (χ1v) is 5.68. The predicted octanol–water partition coefficient (Wildman–Crippen LogP) is 2.15. The summed E-state index contributed by atoms with van der Waals surface area (Å²) in [6.45, 7) is 7.13. The van der Waals surface area contributed by atoms with Gasteiger partial charge in [0.25, 0.3) is 0 Å². The van der Waals surface area contributed by atoms with Crippen molar-refractivity contribution in [2.45, 2.75) is 13.3 Å². The van der Waals surface area contributed by atoms with Crippen LogP contribution < -0.4 is 0 Å². The molecule has 2 rings (SSSR count). The molecule has 0 aromatic rings. The predicted molar refractivity (Wildman–Crippen MR) is 62.9 cm³/mol. The molecule has 0 radical (unpaired) electrons. The van der Waals surface area contributed by atoms with Crippen molar-refractivity contribution in [1.29, 1.82) is 0 Å². The second-order valence-electron chi connectivity index (χ2n) is 4.18. The first-order valence-electron chi connectivity index (χ1n) is 5.68. The highest BCUT2D eigenvalue weighted by atomic mass is 16.5. The zero-order valence-electron chi connectivity index (χ0n) is 9.41. The second kappa shape index (κ2) is 5.29. The van der Waals surface area contributed by atoms with Crippen LogP contribution in [0.4, 0.5) is 0 Å². The summed E-state index contributed by atoms with van der Waals surface area (Å²) in [5.41, 5.74) is 2.80. The fourth-order valence-electron chi connectivity index (χ4n) is 1.91. The van der Waals surface area contributed by atoms with E-state index in [-0.39, 0.29) is 0 Å². The molecule has 0 aromatic heterocycles. The lowest BCUT2D eigenvalue weighted by Crippen LogP contribution is -2.37. The van der Waals surface area contributed by atoms with Crippen LogP contribution in [0.15, 0.2) is 35.5 Å². The number of hydrogen-bond acceptors (Lipinski definition) is 2. The molecule has 0 bridgehead atoms. The van der Waals surface area contributed by atoms with E-state index in [4.69, 9.17) is 4.74 Å². The molecule has 1 saturated heterocycles. The number of nitrogens with zero attached hydrogens (tertiary/aromatic N) is 1. The summed E-state index contributed by atoms with van der Waals surface area (Å²) in [6.07, 6.45) is 10.1. The van der Waals surface area contributed by atoms with Crippen molar-refractivity contribution in [2.75, 3.05) is 32.8 Å². The van der Waals surface area contributed by atoms with Crippen molar-refractivity contribution < 1.29 is 4.74 Å². The minimum absolute atomic E-state index is 0.883. The molecule has 0 unspecified atom stereocenters. The van der Waals surface area contributed by atoms with Gasteiger partial charge in [-0.25, -0.2) is 0 Å². The molecule has 0 spiro atoms. The van der Waals surface area contributed by atoms with Crippen molar-refractivity contribution in [3.05, 3.63) is 35.5 Å². The number of rotatable bonds is 2. The Kier molecular flexibility index (Phi) is 3.75. The molecule has 1 heterocycles. The van der Waals surface area contributed by atoms with Crippen LogP contribution in [-0.2, 0) is 4.74 Å². The van der Waals surface area contributed by atoms with Crippen LogP contribution in [0.25, 0.3) is 0 Å². The Balaban J connectivity index is 1.89. The van der Waals surface area contributed by atoms with E-state index in [2.05, 4.69) is 36.1 Å². The smallest absolute Gasteiger partial charge is 0.0594 e. The van der Waals surface area contributed by atoms with Gasteiger partial charge in [-0.15, -0.1) is 0 Å². The fraction of sp³-hybridized carbons (Fsp3) is 0.538. The molecule has 2 aliphatic rings. The maximum atomic E-state index is 5.34. The van der Waals surface area contributed by atoms with Crippen molar-refractivity contribution in [3.8, 4) is 0 Å². The summed E-state index contributed by atoms with van der Waals surface area (Å²) in [6, 6.07) is 0. The third-order valence-corrected chi connectivity index (χ3v) is 2.89. The minimum Gasteiger partial charge on any atom is -0.379 e. The Morgan fingerprint density at radius 2 is 2.00 bits per heavy atom. The summed E-state index contributed by atoms with van der Waals surface area (Å²) in [7, 11) is 0. The lowest BCUT2D eigenvalue weighted by atomic mass is 10.2. The topological polar surface area (TPSA) is 12.5 Å². The standard InChI is InChI=1S/C13H19NO/c1-12-3-2-4-13(6-5-12)11-14-7-9-15-10-8-14/h3-6H,2,7-11H2,1H3. The molecule has 0 atom stereocenters. The maximum absolute atomic E-state index is 5.34. The van der Waals surface area contributed by atoms with Gasteiger partial charge in [-0.3, -0.25) is 4.90 Å². The highest BCUT2D eigenvalue weighted by Crippen LogP contribution is 2.12. The van der Waals surface area contributed by atoms with E-state index < -0.39 is 0 Å². The second-order valence-corrected chi connectivity index (χ2v) is 4.18. The molecule has 2 nitrogen and oxygen atoms in total. The minimum atomic E-state index is 0.883. The van der Waals surface area contributed by atoms with Gasteiger partial charge in [-0.1, -0.05) is 29.9 Å². The van der Waals surface area contributed by atoms with E-state index >= 15 is 0 Å². The normalized spacial score (nSPS) is 23.3. The Hall–Kier alpha value is -0.860. The fourth-order valence-corrected chi connectivity index (χ4v) is 1.91. The number of allylic oxidation sites excluding steroid dienone is 4. The molecule has 82 valence electrons.